The van der Waals surface area contributed by atoms with Crippen LogP contribution in [0.5, 0.6) is 17.2 Å². The molecule has 1 heterocycles. The van der Waals surface area contributed by atoms with Gasteiger partial charge >= 0.3 is 6.61 Å². The average molecular weight is 347 g/mol. The number of fused-ring (bicyclic) bond motifs is 1. The zero-order chi connectivity index (χ0) is 17.6. The van der Waals surface area contributed by atoms with Crippen molar-refractivity contribution in [1.82, 2.24) is 0 Å². The summed E-state index contributed by atoms with van der Waals surface area (Å²) in [6.07, 6.45) is 2.65. The van der Waals surface area contributed by atoms with Crippen molar-refractivity contribution in [2.75, 3.05) is 18.5 Å². The average Bonchev–Trinajstić information content (AvgIpc) is 2.60. The van der Waals surface area contributed by atoms with Gasteiger partial charge in [-0.3, -0.25) is 4.79 Å². The molecule has 7 heteroatoms. The van der Waals surface area contributed by atoms with Gasteiger partial charge in [-0.25, -0.2) is 0 Å². The summed E-state index contributed by atoms with van der Waals surface area (Å²) in [5, 5.41) is 2.67. The van der Waals surface area contributed by atoms with Crippen LogP contribution in [0.25, 0.3) is 6.08 Å². The van der Waals surface area contributed by atoms with Gasteiger partial charge in [0.15, 0.2) is 11.5 Å². The number of para-hydroxylation sites is 1. The van der Waals surface area contributed by atoms with Gasteiger partial charge in [0.2, 0.25) is 5.91 Å². The van der Waals surface area contributed by atoms with E-state index in [9.17, 15) is 13.6 Å². The van der Waals surface area contributed by atoms with E-state index in [1.165, 1.54) is 18.2 Å². The van der Waals surface area contributed by atoms with Crippen LogP contribution < -0.4 is 19.5 Å². The Kier molecular flexibility index (Phi) is 5.13. The fourth-order valence-electron chi connectivity index (χ4n) is 2.29. The van der Waals surface area contributed by atoms with Crippen molar-refractivity contribution in [3.63, 3.8) is 0 Å². The van der Waals surface area contributed by atoms with Gasteiger partial charge in [0, 0.05) is 23.4 Å². The molecule has 0 atom stereocenters. The number of carbonyl (C=O) groups excluding carboxylic acids is 1. The van der Waals surface area contributed by atoms with Crippen LogP contribution in [0.1, 0.15) is 5.56 Å². The molecule has 0 unspecified atom stereocenters. The van der Waals surface area contributed by atoms with Crippen LogP contribution in [0.3, 0.4) is 0 Å². The highest BCUT2D eigenvalue weighted by molar-refractivity contribution is 6.02. The molecule has 3 rings (SSSR count). The highest BCUT2D eigenvalue weighted by Crippen LogP contribution is 2.32. The highest BCUT2D eigenvalue weighted by Gasteiger charge is 2.12. The Labute approximate surface area is 142 Å². The summed E-state index contributed by atoms with van der Waals surface area (Å²) in [5.74, 6) is 0.769. The first-order valence-corrected chi connectivity index (χ1v) is 7.54. The zero-order valence-electron chi connectivity index (χ0n) is 13.1. The quantitative estimate of drug-likeness (QED) is 0.838. The van der Waals surface area contributed by atoms with E-state index in [0.29, 0.717) is 36.0 Å². The summed E-state index contributed by atoms with van der Waals surface area (Å²) in [6.45, 7) is -1.99. The third kappa shape index (κ3) is 4.47. The van der Waals surface area contributed by atoms with Crippen LogP contribution in [0, 0.1) is 0 Å². The Bertz CT molecular complexity index is 792. The van der Waals surface area contributed by atoms with Crippen molar-refractivity contribution in [3.05, 3.63) is 54.1 Å². The number of alkyl halides is 2. The van der Waals surface area contributed by atoms with Gasteiger partial charge in [0.05, 0.1) is 0 Å². The molecule has 0 fully saturated rings. The Morgan fingerprint density at radius 1 is 1.12 bits per heavy atom. The maximum Gasteiger partial charge on any atom is 0.387 e. The number of rotatable bonds is 5. The smallest absolute Gasteiger partial charge is 0.387 e. The van der Waals surface area contributed by atoms with Crippen LogP contribution in [0.15, 0.2) is 48.5 Å². The fraction of sp³-hybridized carbons (Fsp3) is 0.167. The monoisotopic (exact) mass is 347 g/mol. The van der Waals surface area contributed by atoms with E-state index < -0.39 is 12.5 Å². The summed E-state index contributed by atoms with van der Waals surface area (Å²) in [6, 6.07) is 11.3. The fourth-order valence-corrected chi connectivity index (χ4v) is 2.29. The van der Waals surface area contributed by atoms with Gasteiger partial charge < -0.3 is 19.5 Å². The summed E-state index contributed by atoms with van der Waals surface area (Å²) in [4.78, 5) is 12.0. The molecule has 2 aromatic rings. The molecule has 2 aromatic carbocycles. The van der Waals surface area contributed by atoms with E-state index in [4.69, 9.17) is 9.47 Å². The number of hydrogen-bond donors (Lipinski definition) is 1. The number of amides is 1. The standard InChI is InChI=1S/C18H15F2NO4/c19-18(20)25-14-4-2-1-3-12(14)5-8-17(22)21-13-6-7-15-16(11-13)24-10-9-23-15/h1-8,11,18H,9-10H2,(H,21,22)/b8-5+. The molecule has 1 aliphatic rings. The van der Waals surface area contributed by atoms with Gasteiger partial charge in [0.25, 0.3) is 0 Å². The predicted molar refractivity (Wildman–Crippen MR) is 88.2 cm³/mol. The Hall–Kier alpha value is -3.09. The lowest BCUT2D eigenvalue weighted by Gasteiger charge is -2.18. The Balaban J connectivity index is 1.67. The molecule has 0 saturated carbocycles. The van der Waals surface area contributed by atoms with Crippen LogP contribution >= 0.6 is 0 Å². The molecular weight excluding hydrogens is 332 g/mol. The van der Waals surface area contributed by atoms with Gasteiger partial charge in [0.1, 0.15) is 19.0 Å². The van der Waals surface area contributed by atoms with Crippen molar-refractivity contribution < 1.29 is 27.8 Å². The molecule has 130 valence electrons. The van der Waals surface area contributed by atoms with Gasteiger partial charge in [-0.05, 0) is 24.3 Å². The van der Waals surface area contributed by atoms with Crippen molar-refractivity contribution in [3.8, 4) is 17.2 Å². The summed E-state index contributed by atoms with van der Waals surface area (Å²) >= 11 is 0. The summed E-state index contributed by atoms with van der Waals surface area (Å²) in [5.41, 5.74) is 0.913. The van der Waals surface area contributed by atoms with Crippen molar-refractivity contribution in [2.45, 2.75) is 6.61 Å². The second kappa shape index (κ2) is 7.65. The lowest BCUT2D eigenvalue weighted by Crippen LogP contribution is -2.16. The third-order valence-electron chi connectivity index (χ3n) is 3.36. The SMILES string of the molecule is O=C(/C=C/c1ccccc1OC(F)F)Nc1ccc2c(c1)OCCO2. The molecule has 1 N–H and O–H groups in total. The Morgan fingerprint density at radius 3 is 2.68 bits per heavy atom. The number of anilines is 1. The molecule has 1 aliphatic heterocycles. The lowest BCUT2D eigenvalue weighted by atomic mass is 10.2. The highest BCUT2D eigenvalue weighted by atomic mass is 19.3. The van der Waals surface area contributed by atoms with E-state index in [1.807, 2.05) is 0 Å². The van der Waals surface area contributed by atoms with Crippen molar-refractivity contribution in [1.29, 1.82) is 0 Å². The molecule has 0 saturated heterocycles. The maximum absolute atomic E-state index is 12.4. The molecule has 5 nitrogen and oxygen atoms in total. The first kappa shape index (κ1) is 16.8. The minimum absolute atomic E-state index is 0.000814. The van der Waals surface area contributed by atoms with Crippen LogP contribution in [-0.2, 0) is 4.79 Å². The maximum atomic E-state index is 12.4. The predicted octanol–water partition coefficient (Wildman–Crippen LogP) is 3.71. The molecular formula is C18H15F2NO4. The molecule has 0 radical (unpaired) electrons. The minimum atomic E-state index is -2.93. The molecule has 0 spiro atoms. The van der Waals surface area contributed by atoms with E-state index >= 15 is 0 Å². The van der Waals surface area contributed by atoms with Gasteiger partial charge in [-0.15, -0.1) is 0 Å². The van der Waals surface area contributed by atoms with E-state index in [0.717, 1.165) is 0 Å². The summed E-state index contributed by atoms with van der Waals surface area (Å²) < 4.78 is 40.0. The van der Waals surface area contributed by atoms with E-state index in [1.54, 1.807) is 36.4 Å². The van der Waals surface area contributed by atoms with E-state index in [2.05, 4.69) is 10.1 Å². The normalized spacial score (nSPS) is 13.1. The molecule has 0 aliphatic carbocycles. The number of hydrogen-bond acceptors (Lipinski definition) is 4. The number of ether oxygens (including phenoxy) is 3. The molecule has 1 amide bonds. The number of halogens is 2. The van der Waals surface area contributed by atoms with E-state index in [-0.39, 0.29) is 5.75 Å². The first-order valence-electron chi connectivity index (χ1n) is 7.54. The van der Waals surface area contributed by atoms with Gasteiger partial charge in [-0.2, -0.15) is 8.78 Å². The van der Waals surface area contributed by atoms with Gasteiger partial charge in [-0.1, -0.05) is 18.2 Å². The second-order valence-corrected chi connectivity index (χ2v) is 5.10. The first-order chi connectivity index (χ1) is 12.1. The largest absolute Gasteiger partial charge is 0.486 e. The lowest BCUT2D eigenvalue weighted by molar-refractivity contribution is -0.111. The molecule has 0 aromatic heterocycles. The topological polar surface area (TPSA) is 56.8 Å². The van der Waals surface area contributed by atoms with Crippen molar-refractivity contribution >= 4 is 17.7 Å². The summed E-state index contributed by atoms with van der Waals surface area (Å²) in [7, 11) is 0. The third-order valence-corrected chi connectivity index (χ3v) is 3.36. The van der Waals surface area contributed by atoms with Crippen LogP contribution in [0.4, 0.5) is 14.5 Å². The zero-order valence-corrected chi connectivity index (χ0v) is 13.1. The molecule has 0 bridgehead atoms. The second-order valence-electron chi connectivity index (χ2n) is 5.10. The van der Waals surface area contributed by atoms with Crippen LogP contribution in [0.2, 0.25) is 0 Å². The minimum Gasteiger partial charge on any atom is -0.486 e. The molecule has 25 heavy (non-hydrogen) atoms. The number of nitrogens with one attached hydrogen (secondary N) is 1. The Morgan fingerprint density at radius 2 is 1.88 bits per heavy atom. The number of benzene rings is 2. The van der Waals surface area contributed by atoms with Crippen LogP contribution in [-0.4, -0.2) is 25.7 Å². The van der Waals surface area contributed by atoms with Crippen molar-refractivity contribution in [2.24, 2.45) is 0 Å². The number of carbonyl (C=O) groups is 1.